The van der Waals surface area contributed by atoms with Crippen LogP contribution in [-0.2, 0) is 4.79 Å². The fraction of sp³-hybridized carbons (Fsp3) is 0.400. The van der Waals surface area contributed by atoms with Crippen LogP contribution < -0.4 is 5.32 Å². The maximum atomic E-state index is 12.4. The number of benzene rings is 1. The number of hydrogen-bond donors (Lipinski definition) is 1. The smallest absolute Gasteiger partial charge is 0.220 e. The summed E-state index contributed by atoms with van der Waals surface area (Å²) in [6.07, 6.45) is 10.4. The minimum Gasteiger partial charge on any atom is -0.345 e. The summed E-state index contributed by atoms with van der Waals surface area (Å²) in [5, 5.41) is 3.21. The number of pyridine rings is 1. The number of carbonyl (C=O) groups is 1. The molecular weight excluding hydrogens is 284 g/mol. The van der Waals surface area contributed by atoms with E-state index in [9.17, 15) is 4.79 Å². The van der Waals surface area contributed by atoms with E-state index in [1.165, 1.54) is 25.7 Å². The Morgan fingerprint density at radius 1 is 1.04 bits per heavy atom. The summed E-state index contributed by atoms with van der Waals surface area (Å²) < 4.78 is 0. The zero-order valence-electron chi connectivity index (χ0n) is 13.4. The van der Waals surface area contributed by atoms with Crippen LogP contribution in [0, 0.1) is 5.92 Å². The molecule has 1 N–H and O–H groups in total. The second-order valence-corrected chi connectivity index (χ2v) is 6.38. The number of amides is 1. The minimum atomic E-state index is -0.102. The van der Waals surface area contributed by atoms with Gasteiger partial charge in [-0.1, -0.05) is 56.0 Å². The fourth-order valence-electron chi connectivity index (χ4n) is 3.43. The highest BCUT2D eigenvalue weighted by Crippen LogP contribution is 2.29. The molecule has 0 aliphatic heterocycles. The van der Waals surface area contributed by atoms with E-state index < -0.39 is 0 Å². The molecule has 1 aliphatic rings. The van der Waals surface area contributed by atoms with Crippen molar-refractivity contribution in [2.45, 2.75) is 44.6 Å². The average molecular weight is 308 g/mol. The Morgan fingerprint density at radius 3 is 2.39 bits per heavy atom. The van der Waals surface area contributed by atoms with Crippen molar-refractivity contribution in [3.63, 3.8) is 0 Å². The van der Waals surface area contributed by atoms with Crippen molar-refractivity contribution in [2.75, 3.05) is 0 Å². The van der Waals surface area contributed by atoms with Crippen molar-refractivity contribution in [1.82, 2.24) is 10.3 Å². The van der Waals surface area contributed by atoms with Gasteiger partial charge >= 0.3 is 0 Å². The second-order valence-electron chi connectivity index (χ2n) is 6.38. The third-order valence-corrected chi connectivity index (χ3v) is 4.73. The van der Waals surface area contributed by atoms with Gasteiger partial charge in [0.05, 0.1) is 6.04 Å². The lowest BCUT2D eigenvalue weighted by molar-refractivity contribution is -0.121. The third kappa shape index (κ3) is 4.41. The summed E-state index contributed by atoms with van der Waals surface area (Å²) in [6.45, 7) is 0. The maximum absolute atomic E-state index is 12.4. The molecule has 3 heteroatoms. The van der Waals surface area contributed by atoms with Gasteiger partial charge in [-0.25, -0.2) is 0 Å². The van der Waals surface area contributed by atoms with E-state index in [4.69, 9.17) is 0 Å². The summed E-state index contributed by atoms with van der Waals surface area (Å²) in [4.78, 5) is 16.5. The third-order valence-electron chi connectivity index (χ3n) is 4.73. The van der Waals surface area contributed by atoms with Gasteiger partial charge < -0.3 is 5.32 Å². The Kier molecular flexibility index (Phi) is 5.41. The molecule has 1 aromatic heterocycles. The lowest BCUT2D eigenvalue weighted by atomic mass is 9.98. The molecule has 0 radical (unpaired) electrons. The van der Waals surface area contributed by atoms with Gasteiger partial charge in [-0.05, 0) is 35.6 Å². The monoisotopic (exact) mass is 308 g/mol. The standard InChI is InChI=1S/C20H24N2O/c23-19(11-10-16-6-4-5-7-16)22-20(17-8-2-1-3-9-17)18-12-14-21-15-13-18/h1-3,8-9,12-16,20H,4-7,10-11H2,(H,22,23). The SMILES string of the molecule is O=C(CCC1CCCC1)NC(c1ccccc1)c1ccncc1. The van der Waals surface area contributed by atoms with Crippen LogP contribution >= 0.6 is 0 Å². The Labute approximate surface area is 138 Å². The van der Waals surface area contributed by atoms with Crippen molar-refractivity contribution in [3.05, 3.63) is 66.0 Å². The van der Waals surface area contributed by atoms with Gasteiger partial charge in [0, 0.05) is 18.8 Å². The maximum Gasteiger partial charge on any atom is 0.220 e. The van der Waals surface area contributed by atoms with Gasteiger partial charge in [0.2, 0.25) is 5.91 Å². The number of nitrogens with one attached hydrogen (secondary N) is 1. The first kappa shape index (κ1) is 15.7. The average Bonchev–Trinajstić information content (AvgIpc) is 3.13. The van der Waals surface area contributed by atoms with Crippen LogP contribution in [0.1, 0.15) is 55.7 Å². The molecule has 1 saturated carbocycles. The molecular formula is C20H24N2O. The molecule has 2 aromatic rings. The number of aromatic nitrogens is 1. The largest absolute Gasteiger partial charge is 0.345 e. The Hall–Kier alpha value is -2.16. The van der Waals surface area contributed by atoms with Gasteiger partial charge in [0.1, 0.15) is 0 Å². The molecule has 3 rings (SSSR count). The summed E-state index contributed by atoms with van der Waals surface area (Å²) in [6, 6.07) is 14.0. The molecule has 1 aliphatic carbocycles. The Bertz CT molecular complexity index is 567. The normalized spacial score (nSPS) is 16.2. The highest BCUT2D eigenvalue weighted by Gasteiger charge is 2.19. The quantitative estimate of drug-likeness (QED) is 0.866. The van der Waals surface area contributed by atoms with Crippen LogP contribution in [0.2, 0.25) is 0 Å². The first-order valence-corrected chi connectivity index (χ1v) is 8.57. The van der Waals surface area contributed by atoms with E-state index in [-0.39, 0.29) is 11.9 Å². The molecule has 0 bridgehead atoms. The van der Waals surface area contributed by atoms with Crippen molar-refractivity contribution in [1.29, 1.82) is 0 Å². The van der Waals surface area contributed by atoms with E-state index in [1.807, 2.05) is 30.3 Å². The first-order chi connectivity index (χ1) is 11.3. The molecule has 1 atom stereocenters. The summed E-state index contributed by atoms with van der Waals surface area (Å²) in [7, 11) is 0. The topological polar surface area (TPSA) is 42.0 Å². The zero-order valence-corrected chi connectivity index (χ0v) is 13.4. The fourth-order valence-corrected chi connectivity index (χ4v) is 3.43. The minimum absolute atomic E-state index is 0.102. The van der Waals surface area contributed by atoms with Gasteiger partial charge in [-0.3, -0.25) is 9.78 Å². The number of nitrogens with zero attached hydrogens (tertiary/aromatic N) is 1. The highest BCUT2D eigenvalue weighted by atomic mass is 16.1. The lowest BCUT2D eigenvalue weighted by Crippen LogP contribution is -2.29. The van der Waals surface area contributed by atoms with Crippen LogP contribution in [0.5, 0.6) is 0 Å². The first-order valence-electron chi connectivity index (χ1n) is 8.57. The predicted molar refractivity (Wildman–Crippen MR) is 91.9 cm³/mol. The second kappa shape index (κ2) is 7.91. The van der Waals surface area contributed by atoms with Gasteiger partial charge in [-0.15, -0.1) is 0 Å². The highest BCUT2D eigenvalue weighted by molar-refractivity contribution is 5.77. The van der Waals surface area contributed by atoms with Gasteiger partial charge in [0.25, 0.3) is 0 Å². The van der Waals surface area contributed by atoms with Crippen molar-refractivity contribution >= 4 is 5.91 Å². The molecule has 1 amide bonds. The molecule has 1 aromatic carbocycles. The molecule has 0 saturated heterocycles. The molecule has 0 spiro atoms. The number of rotatable bonds is 6. The van der Waals surface area contributed by atoms with Gasteiger partial charge in [0.15, 0.2) is 0 Å². The number of carbonyl (C=O) groups excluding carboxylic acids is 1. The van der Waals surface area contributed by atoms with Gasteiger partial charge in [-0.2, -0.15) is 0 Å². The molecule has 1 heterocycles. The number of hydrogen-bond acceptors (Lipinski definition) is 2. The summed E-state index contributed by atoms with van der Waals surface area (Å²) >= 11 is 0. The van der Waals surface area contributed by atoms with E-state index in [1.54, 1.807) is 12.4 Å². The molecule has 1 unspecified atom stereocenters. The molecule has 3 nitrogen and oxygen atoms in total. The van der Waals surface area contributed by atoms with Crippen molar-refractivity contribution in [2.24, 2.45) is 5.92 Å². The molecule has 120 valence electrons. The lowest BCUT2D eigenvalue weighted by Gasteiger charge is -2.20. The molecule has 23 heavy (non-hydrogen) atoms. The van der Waals surface area contributed by atoms with E-state index in [0.717, 1.165) is 23.5 Å². The van der Waals surface area contributed by atoms with Crippen molar-refractivity contribution < 1.29 is 4.79 Å². The van der Waals surface area contributed by atoms with E-state index >= 15 is 0 Å². The predicted octanol–water partition coefficient (Wildman–Crippen LogP) is 4.26. The van der Waals surface area contributed by atoms with Crippen LogP contribution in [0.3, 0.4) is 0 Å². The Morgan fingerprint density at radius 2 is 1.70 bits per heavy atom. The van der Waals surface area contributed by atoms with Crippen LogP contribution in [0.15, 0.2) is 54.9 Å². The zero-order chi connectivity index (χ0) is 15.9. The van der Waals surface area contributed by atoms with Crippen molar-refractivity contribution in [3.8, 4) is 0 Å². The summed E-state index contributed by atoms with van der Waals surface area (Å²) in [5.74, 6) is 0.888. The van der Waals surface area contributed by atoms with Crippen LogP contribution in [0.4, 0.5) is 0 Å². The van der Waals surface area contributed by atoms with Crippen LogP contribution in [-0.4, -0.2) is 10.9 Å². The Balaban J connectivity index is 1.67. The van der Waals surface area contributed by atoms with E-state index in [0.29, 0.717) is 6.42 Å². The van der Waals surface area contributed by atoms with Crippen LogP contribution in [0.25, 0.3) is 0 Å². The summed E-state index contributed by atoms with van der Waals surface area (Å²) in [5.41, 5.74) is 2.17. The van der Waals surface area contributed by atoms with E-state index in [2.05, 4.69) is 22.4 Å². The molecule has 1 fully saturated rings.